The number of hydrogen-bond acceptors (Lipinski definition) is 3. The second-order valence-electron chi connectivity index (χ2n) is 3.65. The molecule has 0 aliphatic rings. The number of benzene rings is 1. The molecule has 1 aromatic rings. The first kappa shape index (κ1) is 11.4. The Morgan fingerprint density at radius 3 is 2.67 bits per heavy atom. The summed E-state index contributed by atoms with van der Waals surface area (Å²) in [7, 11) is 0. The zero-order chi connectivity index (χ0) is 11.4. The van der Waals surface area contributed by atoms with Gasteiger partial charge in [-0.1, -0.05) is 0 Å². The third kappa shape index (κ3) is 3.50. The third-order valence-corrected chi connectivity index (χ3v) is 1.83. The zero-order valence-corrected chi connectivity index (χ0v) is 9.20. The quantitative estimate of drug-likeness (QED) is 0.734. The Bertz CT molecular complexity index is 362. The molecule has 0 bridgehead atoms. The predicted octanol–water partition coefficient (Wildman–Crippen LogP) is 2.53. The second kappa shape index (κ2) is 4.68. The molecule has 0 atom stereocenters. The Morgan fingerprint density at radius 2 is 2.13 bits per heavy atom. The lowest BCUT2D eigenvalue weighted by Gasteiger charge is -2.11. The van der Waals surface area contributed by atoms with Gasteiger partial charge in [0.2, 0.25) is 0 Å². The monoisotopic (exact) mass is 208 g/mol. The fourth-order valence-corrected chi connectivity index (χ4v) is 1.18. The maximum atomic E-state index is 11.3. The van der Waals surface area contributed by atoms with E-state index in [0.29, 0.717) is 5.69 Å². The van der Waals surface area contributed by atoms with E-state index in [0.717, 1.165) is 11.3 Å². The summed E-state index contributed by atoms with van der Waals surface area (Å²) >= 11 is 0. The van der Waals surface area contributed by atoms with Gasteiger partial charge in [0.25, 0.3) is 0 Å². The van der Waals surface area contributed by atoms with Crippen LogP contribution >= 0.6 is 0 Å². The second-order valence-corrected chi connectivity index (χ2v) is 3.65. The van der Waals surface area contributed by atoms with Crippen LogP contribution in [0.1, 0.15) is 19.4 Å². The van der Waals surface area contributed by atoms with Crippen LogP contribution in [-0.4, -0.2) is 12.2 Å². The van der Waals surface area contributed by atoms with Crippen LogP contribution in [0, 0.1) is 6.92 Å². The van der Waals surface area contributed by atoms with E-state index in [9.17, 15) is 4.79 Å². The molecule has 4 heteroatoms. The summed E-state index contributed by atoms with van der Waals surface area (Å²) in [5.41, 5.74) is 7.90. The van der Waals surface area contributed by atoms with Crippen molar-refractivity contribution in [3.63, 3.8) is 0 Å². The number of nitrogen functional groups attached to an aromatic ring is 1. The lowest BCUT2D eigenvalue weighted by atomic mass is 10.2. The molecule has 0 fully saturated rings. The largest absolute Gasteiger partial charge is 0.447 e. The van der Waals surface area contributed by atoms with Gasteiger partial charge < -0.3 is 10.5 Å². The molecule has 0 spiro atoms. The van der Waals surface area contributed by atoms with Crippen LogP contribution in [0.25, 0.3) is 0 Å². The van der Waals surface area contributed by atoms with Crippen LogP contribution in [-0.2, 0) is 4.74 Å². The highest BCUT2D eigenvalue weighted by Crippen LogP contribution is 2.17. The van der Waals surface area contributed by atoms with Gasteiger partial charge in [0, 0.05) is 11.4 Å². The van der Waals surface area contributed by atoms with Crippen LogP contribution in [0.2, 0.25) is 0 Å². The van der Waals surface area contributed by atoms with Crippen molar-refractivity contribution in [3.8, 4) is 0 Å². The molecule has 15 heavy (non-hydrogen) atoms. The number of hydrogen-bond donors (Lipinski definition) is 2. The standard InChI is InChI=1S/C11H16N2O2/c1-7(2)15-11(14)13-10-5-4-9(12)6-8(10)3/h4-7H,12H2,1-3H3,(H,13,14). The minimum Gasteiger partial charge on any atom is -0.447 e. The van der Waals surface area contributed by atoms with Gasteiger partial charge in [0.1, 0.15) is 0 Å². The van der Waals surface area contributed by atoms with Gasteiger partial charge in [-0.05, 0) is 44.5 Å². The number of nitrogens with two attached hydrogens (primary N) is 1. The van der Waals surface area contributed by atoms with E-state index in [4.69, 9.17) is 10.5 Å². The van der Waals surface area contributed by atoms with Gasteiger partial charge in [0.05, 0.1) is 6.10 Å². The SMILES string of the molecule is Cc1cc(N)ccc1NC(=O)OC(C)C. The molecule has 0 unspecified atom stereocenters. The summed E-state index contributed by atoms with van der Waals surface area (Å²) in [5.74, 6) is 0. The van der Waals surface area contributed by atoms with Crippen molar-refractivity contribution in [2.75, 3.05) is 11.1 Å². The van der Waals surface area contributed by atoms with E-state index in [1.807, 2.05) is 6.92 Å². The van der Waals surface area contributed by atoms with E-state index in [2.05, 4.69) is 5.32 Å². The van der Waals surface area contributed by atoms with Crippen molar-refractivity contribution in [2.45, 2.75) is 26.9 Å². The van der Waals surface area contributed by atoms with Crippen LogP contribution in [0.5, 0.6) is 0 Å². The Morgan fingerprint density at radius 1 is 1.47 bits per heavy atom. The van der Waals surface area contributed by atoms with Gasteiger partial charge in [-0.15, -0.1) is 0 Å². The molecule has 0 aliphatic carbocycles. The first-order chi connectivity index (χ1) is 6.99. The van der Waals surface area contributed by atoms with Crippen LogP contribution in [0.4, 0.5) is 16.2 Å². The molecular formula is C11H16N2O2. The number of aryl methyl sites for hydroxylation is 1. The van der Waals surface area contributed by atoms with Gasteiger partial charge in [-0.25, -0.2) is 4.79 Å². The van der Waals surface area contributed by atoms with Crippen LogP contribution in [0.3, 0.4) is 0 Å². The Kier molecular flexibility index (Phi) is 3.55. The molecule has 0 aromatic heterocycles. The number of carbonyl (C=O) groups excluding carboxylic acids is 1. The van der Waals surface area contributed by atoms with Gasteiger partial charge >= 0.3 is 6.09 Å². The maximum absolute atomic E-state index is 11.3. The third-order valence-electron chi connectivity index (χ3n) is 1.83. The summed E-state index contributed by atoms with van der Waals surface area (Å²) in [4.78, 5) is 11.3. The highest BCUT2D eigenvalue weighted by Gasteiger charge is 2.07. The molecule has 4 nitrogen and oxygen atoms in total. The average molecular weight is 208 g/mol. The molecule has 1 rings (SSSR count). The number of nitrogens with one attached hydrogen (secondary N) is 1. The van der Waals surface area contributed by atoms with Gasteiger partial charge in [-0.3, -0.25) is 5.32 Å². The van der Waals surface area contributed by atoms with Crippen LogP contribution in [0.15, 0.2) is 18.2 Å². The average Bonchev–Trinajstić information content (AvgIpc) is 2.08. The first-order valence-corrected chi connectivity index (χ1v) is 4.83. The van der Waals surface area contributed by atoms with Crippen molar-refractivity contribution in [1.82, 2.24) is 0 Å². The van der Waals surface area contributed by atoms with Gasteiger partial charge in [-0.2, -0.15) is 0 Å². The Labute approximate surface area is 89.4 Å². The summed E-state index contributed by atoms with van der Waals surface area (Å²) in [6, 6.07) is 5.29. The van der Waals surface area contributed by atoms with Crippen molar-refractivity contribution < 1.29 is 9.53 Å². The number of rotatable bonds is 2. The maximum Gasteiger partial charge on any atom is 0.411 e. The molecule has 0 aliphatic heterocycles. The molecule has 0 saturated heterocycles. The van der Waals surface area contributed by atoms with Crippen molar-refractivity contribution >= 4 is 17.5 Å². The molecule has 1 aromatic carbocycles. The lowest BCUT2D eigenvalue weighted by Crippen LogP contribution is -2.18. The van der Waals surface area contributed by atoms with E-state index in [1.54, 1.807) is 32.0 Å². The van der Waals surface area contributed by atoms with Crippen molar-refractivity contribution in [3.05, 3.63) is 23.8 Å². The minimum absolute atomic E-state index is 0.126. The Hall–Kier alpha value is -1.71. The number of anilines is 2. The molecule has 82 valence electrons. The summed E-state index contributed by atoms with van der Waals surface area (Å²) in [6.07, 6.45) is -0.572. The number of carbonyl (C=O) groups is 1. The first-order valence-electron chi connectivity index (χ1n) is 4.83. The lowest BCUT2D eigenvalue weighted by molar-refractivity contribution is 0.130. The van der Waals surface area contributed by atoms with Crippen molar-refractivity contribution in [2.24, 2.45) is 0 Å². The molecule has 0 heterocycles. The van der Waals surface area contributed by atoms with E-state index >= 15 is 0 Å². The fraction of sp³-hybridized carbons (Fsp3) is 0.364. The zero-order valence-electron chi connectivity index (χ0n) is 9.20. The summed E-state index contributed by atoms with van der Waals surface area (Å²) < 4.78 is 4.96. The van der Waals surface area contributed by atoms with E-state index in [-0.39, 0.29) is 6.10 Å². The highest BCUT2D eigenvalue weighted by atomic mass is 16.6. The number of amides is 1. The molecule has 0 saturated carbocycles. The van der Waals surface area contributed by atoms with E-state index < -0.39 is 6.09 Å². The summed E-state index contributed by atoms with van der Waals surface area (Å²) in [5, 5.41) is 2.65. The minimum atomic E-state index is -0.446. The smallest absolute Gasteiger partial charge is 0.411 e. The molecule has 1 amide bonds. The molecule has 0 radical (unpaired) electrons. The summed E-state index contributed by atoms with van der Waals surface area (Å²) in [6.45, 7) is 5.48. The number of ether oxygens (including phenoxy) is 1. The van der Waals surface area contributed by atoms with Crippen LogP contribution < -0.4 is 11.1 Å². The van der Waals surface area contributed by atoms with Crippen molar-refractivity contribution in [1.29, 1.82) is 0 Å². The topological polar surface area (TPSA) is 64.3 Å². The Balaban J connectivity index is 2.68. The van der Waals surface area contributed by atoms with E-state index in [1.165, 1.54) is 0 Å². The predicted molar refractivity (Wildman–Crippen MR) is 60.8 cm³/mol. The molecular weight excluding hydrogens is 192 g/mol. The normalized spacial score (nSPS) is 10.1. The fourth-order valence-electron chi connectivity index (χ4n) is 1.18. The van der Waals surface area contributed by atoms with Gasteiger partial charge in [0.15, 0.2) is 0 Å². The molecule has 3 N–H and O–H groups in total. The highest BCUT2D eigenvalue weighted by molar-refractivity contribution is 5.86.